The number of nitrogens with one attached hydrogen (secondary N) is 2. The number of amides is 2. The van der Waals surface area contributed by atoms with Crippen LogP contribution in [-0.4, -0.2) is 29.0 Å². The largest absolute Gasteiger partial charge is 0.481 e. The van der Waals surface area contributed by atoms with Crippen molar-refractivity contribution in [1.82, 2.24) is 5.32 Å². The van der Waals surface area contributed by atoms with E-state index in [-0.39, 0.29) is 11.8 Å². The van der Waals surface area contributed by atoms with E-state index >= 15 is 0 Å². The molecule has 0 radical (unpaired) electrons. The van der Waals surface area contributed by atoms with Crippen LogP contribution in [0.1, 0.15) is 46.8 Å². The highest BCUT2D eigenvalue weighted by atomic mass is 16.5. The van der Waals surface area contributed by atoms with E-state index in [9.17, 15) is 19.5 Å². The van der Waals surface area contributed by atoms with Crippen LogP contribution in [0.2, 0.25) is 0 Å². The third-order valence-electron chi connectivity index (χ3n) is 5.00. The first kappa shape index (κ1) is 17.1. The minimum atomic E-state index is -0.906. The minimum absolute atomic E-state index is 0.269. The lowest BCUT2D eigenvalue weighted by atomic mass is 10.0. The summed E-state index contributed by atoms with van der Waals surface area (Å²) in [6.45, 7) is 1.61. The number of benzene rings is 2. The highest BCUT2D eigenvalue weighted by molar-refractivity contribution is 6.04. The summed E-state index contributed by atoms with van der Waals surface area (Å²) in [5, 5.41) is 15.1. The van der Waals surface area contributed by atoms with Crippen molar-refractivity contribution in [1.29, 1.82) is 0 Å². The van der Waals surface area contributed by atoms with E-state index in [4.69, 9.17) is 4.74 Å². The van der Waals surface area contributed by atoms with Crippen LogP contribution in [0.5, 0.6) is 5.75 Å². The van der Waals surface area contributed by atoms with Crippen LogP contribution in [0, 0.1) is 0 Å². The summed E-state index contributed by atoms with van der Waals surface area (Å²) in [6.07, 6.45) is -0.404. The number of para-hydroxylation sites is 1. The molecule has 2 amide bonds. The van der Waals surface area contributed by atoms with Crippen LogP contribution in [0.25, 0.3) is 0 Å². The SMILES string of the molecule is CC1Oc2c(cccc2C(=O)NC2CC(C(=O)O)c3ccccc32)NC1=O. The Morgan fingerprint density at radius 1 is 1.15 bits per heavy atom. The number of aliphatic carboxylic acids is 1. The Kier molecular flexibility index (Phi) is 4.07. The third-order valence-corrected chi connectivity index (χ3v) is 5.00. The maximum absolute atomic E-state index is 12.9. The zero-order valence-electron chi connectivity index (χ0n) is 14.6. The first-order chi connectivity index (χ1) is 13.0. The molecule has 3 atom stereocenters. The number of fused-ring (bicyclic) bond motifs is 2. The van der Waals surface area contributed by atoms with E-state index in [1.54, 1.807) is 37.3 Å². The molecule has 138 valence electrons. The van der Waals surface area contributed by atoms with E-state index in [0.29, 0.717) is 23.4 Å². The topological polar surface area (TPSA) is 105 Å². The molecule has 2 aromatic rings. The van der Waals surface area contributed by atoms with Gasteiger partial charge in [0.1, 0.15) is 0 Å². The van der Waals surface area contributed by atoms with Gasteiger partial charge in [0.2, 0.25) is 0 Å². The normalized spacial score (nSPS) is 22.9. The van der Waals surface area contributed by atoms with Crippen molar-refractivity contribution in [3.63, 3.8) is 0 Å². The van der Waals surface area contributed by atoms with Crippen LogP contribution in [-0.2, 0) is 9.59 Å². The lowest BCUT2D eigenvalue weighted by Crippen LogP contribution is -2.36. The van der Waals surface area contributed by atoms with Crippen LogP contribution in [0.3, 0.4) is 0 Å². The molecular weight excluding hydrogens is 348 g/mol. The Labute approximate surface area is 155 Å². The summed E-state index contributed by atoms with van der Waals surface area (Å²) in [4.78, 5) is 36.2. The molecule has 0 bridgehead atoms. The van der Waals surface area contributed by atoms with Crippen molar-refractivity contribution < 1.29 is 24.2 Å². The number of ether oxygens (including phenoxy) is 1. The van der Waals surface area contributed by atoms with E-state index in [1.165, 1.54) is 0 Å². The van der Waals surface area contributed by atoms with Crippen molar-refractivity contribution in [3.05, 3.63) is 59.2 Å². The molecule has 0 saturated heterocycles. The van der Waals surface area contributed by atoms with Gasteiger partial charge in [0, 0.05) is 0 Å². The molecule has 0 saturated carbocycles. The Balaban J connectivity index is 1.62. The number of carboxylic acids is 1. The lowest BCUT2D eigenvalue weighted by molar-refractivity contribution is -0.138. The van der Waals surface area contributed by atoms with Gasteiger partial charge in [-0.05, 0) is 36.6 Å². The zero-order chi connectivity index (χ0) is 19.1. The number of hydrogen-bond acceptors (Lipinski definition) is 4. The fourth-order valence-electron chi connectivity index (χ4n) is 3.65. The molecule has 2 aromatic carbocycles. The Bertz CT molecular complexity index is 955. The molecule has 7 heteroatoms. The number of hydrogen-bond donors (Lipinski definition) is 3. The summed E-state index contributed by atoms with van der Waals surface area (Å²) in [7, 11) is 0. The summed E-state index contributed by atoms with van der Waals surface area (Å²) < 4.78 is 5.62. The minimum Gasteiger partial charge on any atom is -0.481 e. The predicted molar refractivity (Wildman–Crippen MR) is 96.8 cm³/mol. The second-order valence-electron chi connectivity index (χ2n) is 6.71. The second-order valence-corrected chi connectivity index (χ2v) is 6.71. The van der Waals surface area contributed by atoms with E-state index < -0.39 is 24.0 Å². The van der Waals surface area contributed by atoms with Crippen LogP contribution in [0.15, 0.2) is 42.5 Å². The van der Waals surface area contributed by atoms with Crippen molar-refractivity contribution in [2.24, 2.45) is 0 Å². The molecule has 0 fully saturated rings. The van der Waals surface area contributed by atoms with Crippen molar-refractivity contribution in [3.8, 4) is 5.75 Å². The van der Waals surface area contributed by atoms with Crippen LogP contribution >= 0.6 is 0 Å². The third kappa shape index (κ3) is 2.91. The number of carbonyl (C=O) groups excluding carboxylic acids is 2. The average Bonchev–Trinajstić information content (AvgIpc) is 3.01. The maximum atomic E-state index is 12.9. The maximum Gasteiger partial charge on any atom is 0.311 e. The van der Waals surface area contributed by atoms with Gasteiger partial charge in [-0.1, -0.05) is 30.3 Å². The van der Waals surface area contributed by atoms with Crippen molar-refractivity contribution in [2.75, 3.05) is 5.32 Å². The van der Waals surface area contributed by atoms with Crippen LogP contribution < -0.4 is 15.4 Å². The highest BCUT2D eigenvalue weighted by Crippen LogP contribution is 2.41. The quantitative estimate of drug-likeness (QED) is 0.774. The molecule has 3 N–H and O–H groups in total. The molecule has 1 aliphatic heterocycles. The van der Waals surface area contributed by atoms with E-state index in [0.717, 1.165) is 11.1 Å². The van der Waals surface area contributed by atoms with Crippen LogP contribution in [0.4, 0.5) is 5.69 Å². The van der Waals surface area contributed by atoms with Gasteiger partial charge in [0.25, 0.3) is 11.8 Å². The fourth-order valence-corrected chi connectivity index (χ4v) is 3.65. The fraction of sp³-hybridized carbons (Fsp3) is 0.250. The predicted octanol–water partition coefficient (Wildman–Crippen LogP) is 2.45. The molecule has 3 unspecified atom stereocenters. The summed E-state index contributed by atoms with van der Waals surface area (Å²) in [6, 6.07) is 11.8. The van der Waals surface area contributed by atoms with Gasteiger partial charge >= 0.3 is 5.97 Å². The van der Waals surface area contributed by atoms with E-state index in [1.807, 2.05) is 12.1 Å². The van der Waals surface area contributed by atoms with Gasteiger partial charge in [-0.2, -0.15) is 0 Å². The smallest absolute Gasteiger partial charge is 0.311 e. The molecular formula is C20H18N2O5. The van der Waals surface area contributed by atoms with Crippen molar-refractivity contribution >= 4 is 23.5 Å². The molecule has 1 aliphatic carbocycles. The van der Waals surface area contributed by atoms with Gasteiger partial charge in [0.05, 0.1) is 23.2 Å². The average molecular weight is 366 g/mol. The molecule has 27 heavy (non-hydrogen) atoms. The van der Waals surface area contributed by atoms with Crippen molar-refractivity contribution in [2.45, 2.75) is 31.4 Å². The molecule has 0 aromatic heterocycles. The second kappa shape index (κ2) is 6.42. The monoisotopic (exact) mass is 366 g/mol. The molecule has 7 nitrogen and oxygen atoms in total. The highest BCUT2D eigenvalue weighted by Gasteiger charge is 2.36. The Morgan fingerprint density at radius 3 is 2.63 bits per heavy atom. The van der Waals surface area contributed by atoms with Gasteiger partial charge in [-0.3, -0.25) is 14.4 Å². The van der Waals surface area contributed by atoms with Gasteiger partial charge in [-0.25, -0.2) is 0 Å². The van der Waals surface area contributed by atoms with Gasteiger partial charge < -0.3 is 20.5 Å². The Hall–Kier alpha value is -3.35. The first-order valence-electron chi connectivity index (χ1n) is 8.68. The van der Waals surface area contributed by atoms with Gasteiger partial charge in [0.15, 0.2) is 11.9 Å². The number of rotatable bonds is 3. The first-order valence-corrected chi connectivity index (χ1v) is 8.68. The number of anilines is 1. The molecule has 4 rings (SSSR count). The summed E-state index contributed by atoms with van der Waals surface area (Å²) in [5.74, 6) is -1.87. The molecule has 1 heterocycles. The summed E-state index contributed by atoms with van der Waals surface area (Å²) >= 11 is 0. The summed E-state index contributed by atoms with van der Waals surface area (Å²) in [5.41, 5.74) is 2.28. The zero-order valence-corrected chi connectivity index (χ0v) is 14.6. The standard InChI is InChI=1S/C20H18N2O5/c1-10-18(23)21-15-8-4-7-13(17(15)27-10)19(24)22-16-9-14(20(25)26)11-5-2-3-6-12(11)16/h2-8,10,14,16H,9H2,1H3,(H,21,23)(H,22,24)(H,25,26). The Morgan fingerprint density at radius 2 is 1.89 bits per heavy atom. The number of carboxylic acid groups (broad SMARTS) is 1. The molecule has 2 aliphatic rings. The van der Waals surface area contributed by atoms with E-state index in [2.05, 4.69) is 10.6 Å². The van der Waals surface area contributed by atoms with Gasteiger partial charge in [-0.15, -0.1) is 0 Å². The lowest BCUT2D eigenvalue weighted by Gasteiger charge is -2.25. The number of carbonyl (C=O) groups is 3. The molecule has 0 spiro atoms.